The van der Waals surface area contributed by atoms with E-state index in [4.69, 9.17) is 9.79 Å². The number of rotatable bonds is 5. The monoisotopic (exact) mass is 287 g/mol. The van der Waals surface area contributed by atoms with Crippen LogP contribution in [0, 0.1) is 12.8 Å². The van der Waals surface area contributed by atoms with Crippen molar-refractivity contribution in [3.63, 3.8) is 0 Å². The maximum Gasteiger partial charge on any atom is 0.469 e. The summed E-state index contributed by atoms with van der Waals surface area (Å²) in [5.74, 6) is 0.872. The summed E-state index contributed by atoms with van der Waals surface area (Å²) >= 11 is 0. The fourth-order valence-electron chi connectivity index (χ4n) is 2.39. The average molecular weight is 287 g/mol. The molecule has 0 bridgehead atoms. The van der Waals surface area contributed by atoms with Gasteiger partial charge in [0.25, 0.3) is 0 Å². The molecule has 1 aromatic heterocycles. The summed E-state index contributed by atoms with van der Waals surface area (Å²) in [5, 5.41) is 10.1. The second-order valence-corrected chi connectivity index (χ2v) is 6.15. The normalized spacial score (nSPS) is 22.5. The van der Waals surface area contributed by atoms with Crippen LogP contribution in [0.4, 0.5) is 0 Å². The van der Waals surface area contributed by atoms with E-state index in [1.165, 1.54) is 6.20 Å². The van der Waals surface area contributed by atoms with Crippen molar-refractivity contribution in [2.75, 3.05) is 0 Å². The third kappa shape index (κ3) is 3.34. The molecule has 3 N–H and O–H groups in total. The molecule has 0 radical (unpaired) electrons. The molecule has 1 saturated carbocycles. The smallest absolute Gasteiger partial charge is 0.469 e. The van der Waals surface area contributed by atoms with Gasteiger partial charge in [-0.1, -0.05) is 13.3 Å². The van der Waals surface area contributed by atoms with E-state index in [2.05, 4.69) is 16.4 Å². The number of phosphoric acid groups is 1. The van der Waals surface area contributed by atoms with Crippen molar-refractivity contribution in [3.05, 3.63) is 23.0 Å². The molecular weight excluding hydrogens is 269 g/mol. The molecule has 6 nitrogen and oxygen atoms in total. The molecule has 1 fully saturated rings. The van der Waals surface area contributed by atoms with Crippen molar-refractivity contribution >= 4 is 7.82 Å². The summed E-state index contributed by atoms with van der Waals surface area (Å²) in [6.07, 6.45) is 3.52. The van der Waals surface area contributed by atoms with Crippen LogP contribution in [0.25, 0.3) is 0 Å². The SMILES string of the molecule is CCC1C[C@H]1c1c(COP(=O)(O)O)cnc(C)c1O. The first-order chi connectivity index (χ1) is 8.83. The second-order valence-electron chi connectivity index (χ2n) is 4.91. The summed E-state index contributed by atoms with van der Waals surface area (Å²) in [5.41, 5.74) is 1.80. The third-order valence-corrected chi connectivity index (χ3v) is 4.03. The minimum Gasteiger partial charge on any atom is -0.506 e. The van der Waals surface area contributed by atoms with Crippen LogP contribution >= 0.6 is 7.82 Å². The molecule has 19 heavy (non-hydrogen) atoms. The number of hydrogen-bond donors (Lipinski definition) is 3. The van der Waals surface area contributed by atoms with Crippen LogP contribution in [0.15, 0.2) is 6.20 Å². The largest absolute Gasteiger partial charge is 0.506 e. The average Bonchev–Trinajstić information content (AvgIpc) is 3.08. The molecule has 1 aliphatic carbocycles. The highest BCUT2D eigenvalue weighted by Gasteiger charge is 2.40. The van der Waals surface area contributed by atoms with Gasteiger partial charge in [0.2, 0.25) is 0 Å². The van der Waals surface area contributed by atoms with Crippen molar-refractivity contribution < 1.29 is 24.0 Å². The van der Waals surface area contributed by atoms with Crippen LogP contribution in [0.1, 0.15) is 42.5 Å². The highest BCUT2D eigenvalue weighted by molar-refractivity contribution is 7.46. The van der Waals surface area contributed by atoms with Crippen LogP contribution in [-0.4, -0.2) is 19.9 Å². The predicted octanol–water partition coefficient (Wildman–Crippen LogP) is 2.22. The fraction of sp³-hybridized carbons (Fsp3) is 0.583. The molecule has 106 valence electrons. The minimum atomic E-state index is -4.52. The molecule has 0 aromatic carbocycles. The Labute approximate surface area is 111 Å². The lowest BCUT2D eigenvalue weighted by Gasteiger charge is -2.13. The summed E-state index contributed by atoms with van der Waals surface area (Å²) in [6, 6.07) is 0. The molecule has 2 atom stereocenters. The molecule has 7 heteroatoms. The Kier molecular flexibility index (Phi) is 3.97. The molecular formula is C12H18NO5P. The quantitative estimate of drug-likeness (QED) is 0.718. The lowest BCUT2D eigenvalue weighted by Crippen LogP contribution is -2.00. The summed E-state index contributed by atoms with van der Waals surface area (Å²) in [4.78, 5) is 21.5. The van der Waals surface area contributed by atoms with Crippen LogP contribution < -0.4 is 0 Å². The number of nitrogens with zero attached hydrogens (tertiary/aromatic N) is 1. The highest BCUT2D eigenvalue weighted by Crippen LogP contribution is 2.53. The standard InChI is InChI=1S/C12H18NO5P/c1-3-8-4-10(8)11-9(6-18-19(15,16)17)5-13-7(2)12(11)14/h5,8,10,14H,3-4,6H2,1-2H3,(H2,15,16,17)/t8?,10-/m1/s1. The van der Waals surface area contributed by atoms with Crippen LogP contribution in [0.3, 0.4) is 0 Å². The van der Waals surface area contributed by atoms with Gasteiger partial charge < -0.3 is 14.9 Å². The number of aromatic nitrogens is 1. The molecule has 0 amide bonds. The van der Waals surface area contributed by atoms with Crippen LogP contribution in [0.5, 0.6) is 5.75 Å². The van der Waals surface area contributed by atoms with Crippen molar-refractivity contribution in [1.29, 1.82) is 0 Å². The lowest BCUT2D eigenvalue weighted by atomic mass is 10.0. The molecule has 0 saturated heterocycles. The van der Waals surface area contributed by atoms with E-state index in [1.54, 1.807) is 6.92 Å². The molecule has 2 rings (SSSR count). The second kappa shape index (κ2) is 5.21. The summed E-state index contributed by atoms with van der Waals surface area (Å²) in [6.45, 7) is 3.55. The van der Waals surface area contributed by atoms with Crippen molar-refractivity contribution in [2.45, 2.75) is 39.2 Å². The van der Waals surface area contributed by atoms with Gasteiger partial charge in [-0.15, -0.1) is 0 Å². The van der Waals surface area contributed by atoms with Gasteiger partial charge in [-0.05, 0) is 25.2 Å². The molecule has 1 aliphatic rings. The Bertz CT molecular complexity index is 527. The number of phosphoric ester groups is 1. The van der Waals surface area contributed by atoms with E-state index < -0.39 is 7.82 Å². The fourth-order valence-corrected chi connectivity index (χ4v) is 2.69. The first-order valence-corrected chi connectivity index (χ1v) is 7.74. The van der Waals surface area contributed by atoms with E-state index >= 15 is 0 Å². The predicted molar refractivity (Wildman–Crippen MR) is 68.6 cm³/mol. The first-order valence-electron chi connectivity index (χ1n) is 6.21. The van der Waals surface area contributed by atoms with Gasteiger partial charge in [0, 0.05) is 17.3 Å². The maximum atomic E-state index is 10.8. The van der Waals surface area contributed by atoms with Crippen molar-refractivity contribution in [2.24, 2.45) is 5.92 Å². The Morgan fingerprint density at radius 2 is 2.21 bits per heavy atom. The Hall–Kier alpha value is -0.940. The number of hydrogen-bond acceptors (Lipinski definition) is 4. The van der Waals surface area contributed by atoms with Gasteiger partial charge in [0.05, 0.1) is 12.3 Å². The molecule has 1 heterocycles. The Morgan fingerprint density at radius 3 is 2.74 bits per heavy atom. The Balaban J connectivity index is 2.28. The summed E-state index contributed by atoms with van der Waals surface area (Å²) in [7, 11) is -4.52. The van der Waals surface area contributed by atoms with E-state index in [-0.39, 0.29) is 18.3 Å². The van der Waals surface area contributed by atoms with Gasteiger partial charge >= 0.3 is 7.82 Å². The third-order valence-electron chi connectivity index (χ3n) is 3.56. The number of aryl methyl sites for hydroxylation is 1. The first kappa shape index (κ1) is 14.5. The van der Waals surface area contributed by atoms with Gasteiger partial charge in [-0.25, -0.2) is 4.57 Å². The maximum absolute atomic E-state index is 10.8. The van der Waals surface area contributed by atoms with Crippen molar-refractivity contribution in [3.8, 4) is 5.75 Å². The topological polar surface area (TPSA) is 99.9 Å². The summed E-state index contributed by atoms with van der Waals surface area (Å²) < 4.78 is 15.3. The molecule has 1 unspecified atom stereocenters. The number of pyridine rings is 1. The highest BCUT2D eigenvalue weighted by atomic mass is 31.2. The van der Waals surface area contributed by atoms with Gasteiger partial charge in [-0.2, -0.15) is 0 Å². The van der Waals surface area contributed by atoms with Gasteiger partial charge in [-0.3, -0.25) is 9.51 Å². The molecule has 0 aliphatic heterocycles. The zero-order chi connectivity index (χ0) is 14.2. The van der Waals surface area contributed by atoms with E-state index in [0.29, 0.717) is 17.2 Å². The Morgan fingerprint density at radius 1 is 1.53 bits per heavy atom. The van der Waals surface area contributed by atoms with Crippen molar-refractivity contribution in [1.82, 2.24) is 4.98 Å². The minimum absolute atomic E-state index is 0.118. The number of aromatic hydroxyl groups is 1. The zero-order valence-corrected chi connectivity index (χ0v) is 11.8. The van der Waals surface area contributed by atoms with E-state index in [0.717, 1.165) is 18.4 Å². The molecule has 0 spiro atoms. The van der Waals surface area contributed by atoms with Gasteiger partial charge in [0.15, 0.2) is 0 Å². The zero-order valence-electron chi connectivity index (χ0n) is 10.9. The molecule has 1 aromatic rings. The van der Waals surface area contributed by atoms with Crippen LogP contribution in [0.2, 0.25) is 0 Å². The lowest BCUT2D eigenvalue weighted by molar-refractivity contribution is 0.188. The van der Waals surface area contributed by atoms with Crippen LogP contribution in [-0.2, 0) is 15.7 Å². The van der Waals surface area contributed by atoms with E-state index in [9.17, 15) is 9.67 Å². The van der Waals surface area contributed by atoms with Gasteiger partial charge in [0.1, 0.15) is 5.75 Å². The van der Waals surface area contributed by atoms with E-state index in [1.807, 2.05) is 0 Å².